The van der Waals surface area contributed by atoms with Crippen LogP contribution < -0.4 is 11.1 Å². The molecule has 0 spiro atoms. The molecule has 0 saturated heterocycles. The molecular weight excluding hydrogens is 421 g/mol. The van der Waals surface area contributed by atoms with Crippen LogP contribution in [0.2, 0.25) is 0 Å². The predicted octanol–water partition coefficient (Wildman–Crippen LogP) is 3.81. The lowest BCUT2D eigenvalue weighted by atomic mass is 10.2. The van der Waals surface area contributed by atoms with Crippen LogP contribution in [0.15, 0.2) is 34.1 Å². The summed E-state index contributed by atoms with van der Waals surface area (Å²) in [5.41, 5.74) is 7.28. The maximum Gasteiger partial charge on any atom is 0.226 e. The summed E-state index contributed by atoms with van der Waals surface area (Å²) in [7, 11) is 0. The minimum absolute atomic E-state index is 0. The standard InChI is InChI=1S/C15H18BrN3OS.2ClH/c16-12-5-3-4-11(8-12)15-19-13(10-21-15)9-14(20)18-7-2-1-6-17;;/h3-5,8,10H,1-2,6-7,9,17H2,(H,18,20);2*1H. The average Bonchev–Trinajstić information content (AvgIpc) is 2.92. The van der Waals surface area contributed by atoms with Gasteiger partial charge in [-0.25, -0.2) is 4.98 Å². The molecule has 23 heavy (non-hydrogen) atoms. The SMILES string of the molecule is Cl.Cl.NCCCCNC(=O)Cc1csc(-c2cccc(Br)c2)n1. The molecule has 0 bridgehead atoms. The van der Waals surface area contributed by atoms with Crippen molar-refractivity contribution in [2.75, 3.05) is 13.1 Å². The molecule has 0 aliphatic heterocycles. The fourth-order valence-corrected chi connectivity index (χ4v) is 3.08. The summed E-state index contributed by atoms with van der Waals surface area (Å²) >= 11 is 5.01. The highest BCUT2D eigenvalue weighted by molar-refractivity contribution is 9.10. The van der Waals surface area contributed by atoms with Gasteiger partial charge in [-0.2, -0.15) is 0 Å². The van der Waals surface area contributed by atoms with Gasteiger partial charge in [0, 0.05) is 22.0 Å². The van der Waals surface area contributed by atoms with Gasteiger partial charge < -0.3 is 11.1 Å². The van der Waals surface area contributed by atoms with E-state index in [1.54, 1.807) is 11.3 Å². The van der Waals surface area contributed by atoms with Gasteiger partial charge in [-0.3, -0.25) is 4.79 Å². The van der Waals surface area contributed by atoms with Gasteiger partial charge in [-0.15, -0.1) is 36.2 Å². The largest absolute Gasteiger partial charge is 0.356 e. The number of aromatic nitrogens is 1. The monoisotopic (exact) mass is 439 g/mol. The average molecular weight is 441 g/mol. The van der Waals surface area contributed by atoms with E-state index in [-0.39, 0.29) is 30.7 Å². The molecule has 0 fully saturated rings. The Kier molecular flexibility index (Phi) is 11.5. The van der Waals surface area contributed by atoms with E-state index in [2.05, 4.69) is 26.2 Å². The Morgan fingerprint density at radius 3 is 2.78 bits per heavy atom. The summed E-state index contributed by atoms with van der Waals surface area (Å²) in [6, 6.07) is 7.99. The Bertz CT molecular complexity index is 610. The Balaban J connectivity index is 0.00000242. The van der Waals surface area contributed by atoms with Crippen LogP contribution in [0.5, 0.6) is 0 Å². The molecule has 2 rings (SSSR count). The summed E-state index contributed by atoms with van der Waals surface area (Å²) in [6.07, 6.45) is 2.18. The number of unbranched alkanes of at least 4 members (excludes halogenated alkanes) is 1. The third-order valence-electron chi connectivity index (χ3n) is 2.92. The summed E-state index contributed by atoms with van der Waals surface area (Å²) < 4.78 is 1.02. The van der Waals surface area contributed by atoms with Crippen molar-refractivity contribution in [3.05, 3.63) is 39.8 Å². The zero-order valence-electron chi connectivity index (χ0n) is 12.5. The maximum atomic E-state index is 11.8. The quantitative estimate of drug-likeness (QED) is 0.643. The summed E-state index contributed by atoms with van der Waals surface area (Å²) in [4.78, 5) is 16.3. The van der Waals surface area contributed by atoms with Crippen LogP contribution in [0, 0.1) is 0 Å². The van der Waals surface area contributed by atoms with E-state index in [0.717, 1.165) is 33.6 Å². The number of carbonyl (C=O) groups excluding carboxylic acids is 1. The normalized spacial score (nSPS) is 9.65. The first-order valence-electron chi connectivity index (χ1n) is 6.86. The van der Waals surface area contributed by atoms with E-state index in [0.29, 0.717) is 19.5 Å². The lowest BCUT2D eigenvalue weighted by molar-refractivity contribution is -0.120. The molecule has 0 atom stereocenters. The highest BCUT2D eigenvalue weighted by atomic mass is 79.9. The van der Waals surface area contributed by atoms with Crippen molar-refractivity contribution in [1.82, 2.24) is 10.3 Å². The van der Waals surface area contributed by atoms with Crippen LogP contribution in [0.3, 0.4) is 0 Å². The number of halogens is 3. The minimum atomic E-state index is 0. The van der Waals surface area contributed by atoms with Crippen LogP contribution in [-0.2, 0) is 11.2 Å². The molecule has 4 nitrogen and oxygen atoms in total. The molecule has 3 N–H and O–H groups in total. The number of thiazole rings is 1. The molecule has 0 aliphatic rings. The fraction of sp³-hybridized carbons (Fsp3) is 0.333. The third kappa shape index (κ3) is 7.63. The van der Waals surface area contributed by atoms with Crippen LogP contribution in [-0.4, -0.2) is 24.0 Å². The van der Waals surface area contributed by atoms with Gasteiger partial charge in [0.2, 0.25) is 5.91 Å². The van der Waals surface area contributed by atoms with E-state index in [1.807, 2.05) is 29.6 Å². The molecule has 1 heterocycles. The molecule has 0 radical (unpaired) electrons. The van der Waals surface area contributed by atoms with Crippen molar-refractivity contribution >= 4 is 58.0 Å². The topological polar surface area (TPSA) is 68.0 Å². The molecule has 0 unspecified atom stereocenters. The molecule has 128 valence electrons. The Morgan fingerprint density at radius 2 is 2.09 bits per heavy atom. The van der Waals surface area contributed by atoms with Gasteiger partial charge in [-0.1, -0.05) is 28.1 Å². The first kappa shape index (κ1) is 22.3. The highest BCUT2D eigenvalue weighted by Gasteiger charge is 2.09. The van der Waals surface area contributed by atoms with Crippen molar-refractivity contribution in [2.45, 2.75) is 19.3 Å². The lowest BCUT2D eigenvalue weighted by Gasteiger charge is -2.02. The molecule has 1 aromatic carbocycles. The van der Waals surface area contributed by atoms with E-state index < -0.39 is 0 Å². The second kappa shape index (κ2) is 11.8. The number of amides is 1. The van der Waals surface area contributed by atoms with Crippen molar-refractivity contribution in [3.63, 3.8) is 0 Å². The molecule has 0 saturated carbocycles. The van der Waals surface area contributed by atoms with Crippen molar-refractivity contribution in [1.29, 1.82) is 0 Å². The fourth-order valence-electron chi connectivity index (χ4n) is 1.87. The molecule has 0 aliphatic carbocycles. The van der Waals surface area contributed by atoms with Crippen LogP contribution >= 0.6 is 52.1 Å². The summed E-state index contributed by atoms with van der Waals surface area (Å²) in [6.45, 7) is 1.34. The Labute approximate surface area is 161 Å². The Hall–Kier alpha value is -0.660. The molecule has 1 amide bonds. The number of carbonyl (C=O) groups is 1. The van der Waals surface area contributed by atoms with Gasteiger partial charge in [-0.05, 0) is 31.5 Å². The second-order valence-corrected chi connectivity index (χ2v) is 6.45. The van der Waals surface area contributed by atoms with Gasteiger partial charge in [0.1, 0.15) is 5.01 Å². The summed E-state index contributed by atoms with van der Waals surface area (Å²) in [5.74, 6) is 0.0121. The molecule has 1 aromatic heterocycles. The van der Waals surface area contributed by atoms with Crippen molar-refractivity contribution < 1.29 is 4.79 Å². The smallest absolute Gasteiger partial charge is 0.226 e. The number of nitrogens with zero attached hydrogens (tertiary/aromatic N) is 1. The Morgan fingerprint density at radius 1 is 1.30 bits per heavy atom. The van der Waals surface area contributed by atoms with Crippen LogP contribution in [0.1, 0.15) is 18.5 Å². The van der Waals surface area contributed by atoms with Gasteiger partial charge in [0.15, 0.2) is 0 Å². The first-order valence-corrected chi connectivity index (χ1v) is 8.53. The van der Waals surface area contributed by atoms with Gasteiger partial charge in [0.05, 0.1) is 12.1 Å². The number of nitrogens with two attached hydrogens (primary N) is 1. The van der Waals surface area contributed by atoms with E-state index in [1.165, 1.54) is 0 Å². The van der Waals surface area contributed by atoms with Gasteiger partial charge >= 0.3 is 0 Å². The molecular formula is C15H20BrCl2N3OS. The highest BCUT2D eigenvalue weighted by Crippen LogP contribution is 2.26. The summed E-state index contributed by atoms with van der Waals surface area (Å²) in [5, 5.41) is 5.76. The maximum absolute atomic E-state index is 11.8. The third-order valence-corrected chi connectivity index (χ3v) is 4.35. The van der Waals surface area contributed by atoms with Crippen molar-refractivity contribution in [2.24, 2.45) is 5.73 Å². The lowest BCUT2D eigenvalue weighted by Crippen LogP contribution is -2.26. The zero-order chi connectivity index (χ0) is 15.1. The van der Waals surface area contributed by atoms with E-state index in [4.69, 9.17) is 5.73 Å². The van der Waals surface area contributed by atoms with Gasteiger partial charge in [0.25, 0.3) is 0 Å². The number of hydrogen-bond donors (Lipinski definition) is 2. The van der Waals surface area contributed by atoms with Crippen molar-refractivity contribution in [3.8, 4) is 10.6 Å². The zero-order valence-corrected chi connectivity index (χ0v) is 16.5. The van der Waals surface area contributed by atoms with Crippen LogP contribution in [0.4, 0.5) is 0 Å². The number of nitrogens with one attached hydrogen (secondary N) is 1. The first-order chi connectivity index (χ1) is 10.2. The van der Waals surface area contributed by atoms with Crippen LogP contribution in [0.25, 0.3) is 10.6 Å². The van der Waals surface area contributed by atoms with E-state index in [9.17, 15) is 4.79 Å². The second-order valence-electron chi connectivity index (χ2n) is 4.68. The number of hydrogen-bond acceptors (Lipinski definition) is 4. The molecule has 8 heteroatoms. The predicted molar refractivity (Wildman–Crippen MR) is 105 cm³/mol. The minimum Gasteiger partial charge on any atom is -0.356 e. The number of rotatable bonds is 7. The molecule has 2 aromatic rings. The number of benzene rings is 1. The van der Waals surface area contributed by atoms with E-state index >= 15 is 0 Å².